The van der Waals surface area contributed by atoms with Gasteiger partial charge in [0.05, 0.1) is 11.5 Å². The third-order valence-electron chi connectivity index (χ3n) is 2.13. The molecule has 0 spiro atoms. The zero-order chi connectivity index (χ0) is 10.3. The van der Waals surface area contributed by atoms with Crippen LogP contribution in [0.4, 0.5) is 0 Å². The van der Waals surface area contributed by atoms with Crippen LogP contribution in [0.3, 0.4) is 0 Å². The van der Waals surface area contributed by atoms with Gasteiger partial charge in [0.1, 0.15) is 0 Å². The van der Waals surface area contributed by atoms with Crippen LogP contribution in [0.2, 0.25) is 0 Å². The van der Waals surface area contributed by atoms with Gasteiger partial charge in [0.25, 0.3) is 0 Å². The highest BCUT2D eigenvalue weighted by Gasteiger charge is 2.15. The summed E-state index contributed by atoms with van der Waals surface area (Å²) in [5.41, 5.74) is -0.176. The minimum atomic E-state index is -0.176. The normalized spacial score (nSPS) is 11.7. The van der Waals surface area contributed by atoms with Crippen molar-refractivity contribution in [1.29, 1.82) is 5.26 Å². The molecule has 0 unspecified atom stereocenters. The summed E-state index contributed by atoms with van der Waals surface area (Å²) in [4.78, 5) is 0. The molecule has 0 amide bonds. The highest BCUT2D eigenvalue weighted by atomic mass is 14.8. The number of rotatable bonds is 6. The molecule has 0 fully saturated rings. The van der Waals surface area contributed by atoms with Gasteiger partial charge in [-0.25, -0.2) is 0 Å². The summed E-state index contributed by atoms with van der Waals surface area (Å²) in [5, 5.41) is 12.1. The van der Waals surface area contributed by atoms with Crippen molar-refractivity contribution in [2.24, 2.45) is 11.3 Å². The molecule has 13 heavy (non-hydrogen) atoms. The molecule has 76 valence electrons. The van der Waals surface area contributed by atoms with Gasteiger partial charge in [0.15, 0.2) is 0 Å². The second-order valence-corrected chi connectivity index (χ2v) is 4.68. The molecule has 1 N–H and O–H groups in total. The van der Waals surface area contributed by atoms with E-state index >= 15 is 0 Å². The molecular weight excluding hydrogens is 160 g/mol. The van der Waals surface area contributed by atoms with Gasteiger partial charge in [-0.3, -0.25) is 0 Å². The smallest absolute Gasteiger partial charge is 0.0684 e. The fourth-order valence-corrected chi connectivity index (χ4v) is 0.973. The topological polar surface area (TPSA) is 35.8 Å². The van der Waals surface area contributed by atoms with Crippen LogP contribution < -0.4 is 5.32 Å². The lowest BCUT2D eigenvalue weighted by molar-refractivity contribution is 0.424. The van der Waals surface area contributed by atoms with Gasteiger partial charge in [-0.2, -0.15) is 5.26 Å². The second-order valence-electron chi connectivity index (χ2n) is 4.68. The van der Waals surface area contributed by atoms with Crippen LogP contribution in [0.1, 0.15) is 40.5 Å². The lowest BCUT2D eigenvalue weighted by Crippen LogP contribution is -2.23. The molecule has 2 heteroatoms. The predicted molar refractivity (Wildman–Crippen MR) is 56.3 cm³/mol. The molecule has 0 aliphatic rings. The first-order valence-corrected chi connectivity index (χ1v) is 5.10. The summed E-state index contributed by atoms with van der Waals surface area (Å²) in [6, 6.07) is 2.30. The van der Waals surface area contributed by atoms with Crippen LogP contribution in [0, 0.1) is 22.7 Å². The number of hydrogen-bond donors (Lipinski definition) is 1. The molecule has 0 rings (SSSR count). The SMILES string of the molecule is CC(C)CCNCCC(C)(C)C#N. The summed E-state index contributed by atoms with van der Waals surface area (Å²) in [7, 11) is 0. The van der Waals surface area contributed by atoms with Gasteiger partial charge in [0.2, 0.25) is 0 Å². The second kappa shape index (κ2) is 5.99. The van der Waals surface area contributed by atoms with Crippen molar-refractivity contribution in [3.05, 3.63) is 0 Å². The molecule has 0 atom stereocenters. The van der Waals surface area contributed by atoms with Crippen molar-refractivity contribution in [1.82, 2.24) is 5.32 Å². The maximum atomic E-state index is 8.76. The van der Waals surface area contributed by atoms with Crippen LogP contribution in [-0.4, -0.2) is 13.1 Å². The summed E-state index contributed by atoms with van der Waals surface area (Å²) >= 11 is 0. The fourth-order valence-electron chi connectivity index (χ4n) is 0.973. The maximum Gasteiger partial charge on any atom is 0.0684 e. The van der Waals surface area contributed by atoms with E-state index in [0.29, 0.717) is 0 Å². The fraction of sp³-hybridized carbons (Fsp3) is 0.909. The average molecular weight is 182 g/mol. The molecule has 0 aliphatic carbocycles. The molecule has 0 heterocycles. The van der Waals surface area contributed by atoms with E-state index in [0.717, 1.165) is 25.4 Å². The Morgan fingerprint density at radius 2 is 1.92 bits per heavy atom. The van der Waals surface area contributed by atoms with E-state index in [9.17, 15) is 0 Å². The minimum absolute atomic E-state index is 0.176. The van der Waals surface area contributed by atoms with E-state index < -0.39 is 0 Å². The highest BCUT2D eigenvalue weighted by Crippen LogP contribution is 2.16. The summed E-state index contributed by atoms with van der Waals surface area (Å²) in [5.74, 6) is 0.761. The Morgan fingerprint density at radius 1 is 1.31 bits per heavy atom. The van der Waals surface area contributed by atoms with Gasteiger partial charge in [-0.15, -0.1) is 0 Å². The quantitative estimate of drug-likeness (QED) is 0.641. The van der Waals surface area contributed by atoms with Crippen LogP contribution >= 0.6 is 0 Å². The summed E-state index contributed by atoms with van der Waals surface area (Å²) in [6.07, 6.45) is 2.15. The van der Waals surface area contributed by atoms with Crippen molar-refractivity contribution < 1.29 is 0 Å². The van der Waals surface area contributed by atoms with Gasteiger partial charge in [-0.1, -0.05) is 13.8 Å². The number of nitrogens with zero attached hydrogens (tertiary/aromatic N) is 1. The Hall–Kier alpha value is -0.550. The molecule has 0 bridgehead atoms. The Bertz CT molecular complexity index is 165. The van der Waals surface area contributed by atoms with Crippen LogP contribution in [-0.2, 0) is 0 Å². The van der Waals surface area contributed by atoms with Crippen molar-refractivity contribution >= 4 is 0 Å². The number of nitriles is 1. The van der Waals surface area contributed by atoms with Gasteiger partial charge in [0, 0.05) is 0 Å². The Kier molecular flexibility index (Phi) is 5.73. The van der Waals surface area contributed by atoms with E-state index in [2.05, 4.69) is 25.2 Å². The summed E-state index contributed by atoms with van der Waals surface area (Å²) in [6.45, 7) is 10.4. The first kappa shape index (κ1) is 12.4. The van der Waals surface area contributed by atoms with Crippen LogP contribution in [0.5, 0.6) is 0 Å². The first-order chi connectivity index (χ1) is 5.98. The Balaban J connectivity index is 3.32. The third-order valence-corrected chi connectivity index (χ3v) is 2.13. The molecule has 0 aromatic rings. The molecular formula is C11H22N2. The molecule has 0 saturated carbocycles. The molecule has 0 aliphatic heterocycles. The number of nitrogens with one attached hydrogen (secondary N) is 1. The van der Waals surface area contributed by atoms with E-state index in [-0.39, 0.29) is 5.41 Å². The highest BCUT2D eigenvalue weighted by molar-refractivity contribution is 4.91. The van der Waals surface area contributed by atoms with Crippen molar-refractivity contribution in [2.45, 2.75) is 40.5 Å². The van der Waals surface area contributed by atoms with Gasteiger partial charge >= 0.3 is 0 Å². The monoisotopic (exact) mass is 182 g/mol. The summed E-state index contributed by atoms with van der Waals surface area (Å²) < 4.78 is 0. The standard InChI is InChI=1S/C11H22N2/c1-10(2)5-7-13-8-6-11(3,4)9-12/h10,13H,5-8H2,1-4H3. The molecule has 0 aromatic heterocycles. The maximum absolute atomic E-state index is 8.76. The Labute approximate surface area is 82.3 Å². The zero-order valence-electron chi connectivity index (χ0n) is 9.35. The lowest BCUT2D eigenvalue weighted by atomic mass is 9.91. The molecule has 0 aromatic carbocycles. The van der Waals surface area contributed by atoms with Crippen molar-refractivity contribution in [3.8, 4) is 6.07 Å². The van der Waals surface area contributed by atoms with E-state index in [4.69, 9.17) is 5.26 Å². The lowest BCUT2D eigenvalue weighted by Gasteiger charge is -2.15. The average Bonchev–Trinajstić information content (AvgIpc) is 2.03. The van der Waals surface area contributed by atoms with Crippen molar-refractivity contribution in [2.75, 3.05) is 13.1 Å². The van der Waals surface area contributed by atoms with Gasteiger partial charge < -0.3 is 5.32 Å². The van der Waals surface area contributed by atoms with E-state index in [1.165, 1.54) is 6.42 Å². The number of hydrogen-bond acceptors (Lipinski definition) is 2. The first-order valence-electron chi connectivity index (χ1n) is 5.10. The van der Waals surface area contributed by atoms with E-state index in [1.54, 1.807) is 0 Å². The van der Waals surface area contributed by atoms with Crippen molar-refractivity contribution in [3.63, 3.8) is 0 Å². The molecule has 0 radical (unpaired) electrons. The van der Waals surface area contributed by atoms with E-state index in [1.807, 2.05) is 13.8 Å². The third kappa shape index (κ3) is 7.80. The zero-order valence-corrected chi connectivity index (χ0v) is 9.35. The van der Waals surface area contributed by atoms with Crippen LogP contribution in [0.25, 0.3) is 0 Å². The molecule has 2 nitrogen and oxygen atoms in total. The van der Waals surface area contributed by atoms with Crippen LogP contribution in [0.15, 0.2) is 0 Å². The van der Waals surface area contributed by atoms with Gasteiger partial charge in [-0.05, 0) is 45.7 Å². The predicted octanol–water partition coefficient (Wildman–Crippen LogP) is 2.56. The molecule has 0 saturated heterocycles. The Morgan fingerprint density at radius 3 is 2.38 bits per heavy atom. The minimum Gasteiger partial charge on any atom is -0.317 e. The largest absolute Gasteiger partial charge is 0.317 e.